The van der Waals surface area contributed by atoms with Crippen molar-refractivity contribution in [2.45, 2.75) is 32.6 Å². The van der Waals surface area contributed by atoms with Gasteiger partial charge in [0.2, 0.25) is 0 Å². The molecule has 1 fully saturated rings. The Hall–Kier alpha value is -1.57. The Kier molecular flexibility index (Phi) is 3.67. The van der Waals surface area contributed by atoms with Gasteiger partial charge in [0.25, 0.3) is 0 Å². The first-order valence-corrected chi connectivity index (χ1v) is 7.40. The summed E-state index contributed by atoms with van der Waals surface area (Å²) in [5.74, 6) is 1.78. The maximum absolute atomic E-state index is 4.35. The molecule has 1 aliphatic rings. The Morgan fingerprint density at radius 3 is 2.84 bits per heavy atom. The zero-order valence-electron chi connectivity index (χ0n) is 11.6. The third-order valence-electron chi connectivity index (χ3n) is 4.33. The summed E-state index contributed by atoms with van der Waals surface area (Å²) in [4.78, 5) is 4.35. The minimum Gasteiger partial charge on any atom is -0.385 e. The quantitative estimate of drug-likeness (QED) is 0.874. The van der Waals surface area contributed by atoms with E-state index < -0.39 is 0 Å². The lowest BCUT2D eigenvalue weighted by molar-refractivity contribution is 0.300. The lowest BCUT2D eigenvalue weighted by Crippen LogP contribution is -2.20. The summed E-state index contributed by atoms with van der Waals surface area (Å²) in [6.07, 6.45) is 7.40. The molecule has 1 saturated carbocycles. The van der Waals surface area contributed by atoms with E-state index in [1.54, 1.807) is 0 Å². The number of pyridine rings is 1. The fourth-order valence-electron chi connectivity index (χ4n) is 2.98. The fraction of sp³-hybridized carbons (Fsp3) is 0.471. The highest BCUT2D eigenvalue weighted by molar-refractivity contribution is 5.82. The molecule has 0 unspecified atom stereocenters. The smallest absolute Gasteiger partial charge is 0.0703 e. The van der Waals surface area contributed by atoms with Crippen LogP contribution in [0.2, 0.25) is 0 Å². The molecular weight excluding hydrogens is 232 g/mol. The van der Waals surface area contributed by atoms with Crippen molar-refractivity contribution in [3.63, 3.8) is 0 Å². The first-order valence-electron chi connectivity index (χ1n) is 7.40. The number of hydrogen-bond acceptors (Lipinski definition) is 2. The lowest BCUT2D eigenvalue weighted by Gasteiger charge is -2.26. The van der Waals surface area contributed by atoms with Gasteiger partial charge < -0.3 is 5.32 Å². The van der Waals surface area contributed by atoms with Gasteiger partial charge >= 0.3 is 0 Å². The van der Waals surface area contributed by atoms with E-state index in [0.29, 0.717) is 0 Å². The average molecular weight is 254 g/mol. The topological polar surface area (TPSA) is 24.9 Å². The molecule has 0 atom stereocenters. The Bertz CT molecular complexity index is 542. The molecule has 2 aromatic rings. The van der Waals surface area contributed by atoms with Crippen molar-refractivity contribution in [3.05, 3.63) is 36.5 Å². The number of nitrogens with one attached hydrogen (secondary N) is 1. The number of anilines is 1. The van der Waals surface area contributed by atoms with E-state index in [2.05, 4.69) is 41.5 Å². The van der Waals surface area contributed by atoms with Crippen LogP contribution in [0.4, 0.5) is 5.69 Å². The average Bonchev–Trinajstić information content (AvgIpc) is 2.46. The number of nitrogens with zero attached hydrogens (tertiary/aromatic N) is 1. The van der Waals surface area contributed by atoms with E-state index in [1.807, 2.05) is 12.3 Å². The van der Waals surface area contributed by atoms with E-state index in [-0.39, 0.29) is 0 Å². The van der Waals surface area contributed by atoms with Crippen LogP contribution in [0.15, 0.2) is 36.5 Å². The van der Waals surface area contributed by atoms with E-state index in [4.69, 9.17) is 0 Å². The van der Waals surface area contributed by atoms with Gasteiger partial charge in [-0.2, -0.15) is 0 Å². The third kappa shape index (κ3) is 3.06. The lowest BCUT2D eigenvalue weighted by atomic mass is 9.83. The molecule has 2 heteroatoms. The summed E-state index contributed by atoms with van der Waals surface area (Å²) in [7, 11) is 0. The summed E-state index contributed by atoms with van der Waals surface area (Å²) in [5.41, 5.74) is 2.29. The number of fused-ring (bicyclic) bond motifs is 1. The van der Waals surface area contributed by atoms with Crippen LogP contribution in [0, 0.1) is 11.8 Å². The molecule has 1 aliphatic carbocycles. The largest absolute Gasteiger partial charge is 0.385 e. The molecule has 0 radical (unpaired) electrons. The molecule has 1 N–H and O–H groups in total. The SMILES string of the molecule is CC1CCC(CNc2ccc3ncccc3c2)CC1. The van der Waals surface area contributed by atoms with E-state index in [1.165, 1.54) is 36.8 Å². The van der Waals surface area contributed by atoms with Crippen molar-refractivity contribution in [1.82, 2.24) is 4.98 Å². The summed E-state index contributed by atoms with van der Waals surface area (Å²) < 4.78 is 0. The summed E-state index contributed by atoms with van der Waals surface area (Å²) in [6, 6.07) is 10.6. The van der Waals surface area contributed by atoms with Crippen LogP contribution >= 0.6 is 0 Å². The summed E-state index contributed by atoms with van der Waals surface area (Å²) in [5, 5.41) is 4.81. The highest BCUT2D eigenvalue weighted by Crippen LogP contribution is 2.28. The van der Waals surface area contributed by atoms with Gasteiger partial charge in [-0.1, -0.05) is 25.8 Å². The highest BCUT2D eigenvalue weighted by Gasteiger charge is 2.17. The maximum atomic E-state index is 4.35. The minimum absolute atomic E-state index is 0.848. The van der Waals surface area contributed by atoms with E-state index >= 15 is 0 Å². The minimum atomic E-state index is 0.848. The zero-order chi connectivity index (χ0) is 13.1. The summed E-state index contributed by atoms with van der Waals surface area (Å²) in [6.45, 7) is 3.48. The normalized spacial score (nSPS) is 23.4. The van der Waals surface area contributed by atoms with Crippen LogP contribution < -0.4 is 5.32 Å². The second kappa shape index (κ2) is 5.60. The van der Waals surface area contributed by atoms with Crippen molar-refractivity contribution >= 4 is 16.6 Å². The molecule has 1 aromatic carbocycles. The predicted molar refractivity (Wildman–Crippen MR) is 81.4 cm³/mol. The number of rotatable bonds is 3. The molecular formula is C17H22N2. The Morgan fingerprint density at radius 1 is 1.16 bits per heavy atom. The van der Waals surface area contributed by atoms with Crippen LogP contribution in [-0.4, -0.2) is 11.5 Å². The first-order chi connectivity index (χ1) is 9.31. The predicted octanol–water partition coefficient (Wildman–Crippen LogP) is 4.47. The first kappa shape index (κ1) is 12.5. The van der Waals surface area contributed by atoms with Gasteiger partial charge in [-0.25, -0.2) is 0 Å². The Morgan fingerprint density at radius 2 is 2.00 bits per heavy atom. The molecule has 1 heterocycles. The zero-order valence-corrected chi connectivity index (χ0v) is 11.6. The van der Waals surface area contributed by atoms with Crippen LogP contribution in [0.1, 0.15) is 32.6 Å². The van der Waals surface area contributed by atoms with E-state index in [9.17, 15) is 0 Å². The Balaban J connectivity index is 1.62. The van der Waals surface area contributed by atoms with Crippen molar-refractivity contribution in [2.24, 2.45) is 11.8 Å². The van der Waals surface area contributed by atoms with Gasteiger partial charge in [-0.3, -0.25) is 4.98 Å². The maximum Gasteiger partial charge on any atom is 0.0703 e. The molecule has 0 bridgehead atoms. The molecule has 100 valence electrons. The number of benzene rings is 1. The monoisotopic (exact) mass is 254 g/mol. The fourth-order valence-corrected chi connectivity index (χ4v) is 2.98. The van der Waals surface area contributed by atoms with Gasteiger partial charge in [-0.15, -0.1) is 0 Å². The summed E-state index contributed by atoms with van der Waals surface area (Å²) >= 11 is 0. The molecule has 0 saturated heterocycles. The van der Waals surface area contributed by atoms with Crippen molar-refractivity contribution in [2.75, 3.05) is 11.9 Å². The molecule has 0 aliphatic heterocycles. The van der Waals surface area contributed by atoms with Gasteiger partial charge in [-0.05, 0) is 48.9 Å². The van der Waals surface area contributed by atoms with Crippen LogP contribution in [0.5, 0.6) is 0 Å². The molecule has 3 rings (SSSR count). The molecule has 2 nitrogen and oxygen atoms in total. The number of aromatic nitrogens is 1. The van der Waals surface area contributed by atoms with Crippen LogP contribution in [0.3, 0.4) is 0 Å². The second-order valence-electron chi connectivity index (χ2n) is 5.92. The van der Waals surface area contributed by atoms with Crippen molar-refractivity contribution < 1.29 is 0 Å². The molecule has 0 spiro atoms. The van der Waals surface area contributed by atoms with Gasteiger partial charge in [0.05, 0.1) is 5.52 Å². The van der Waals surface area contributed by atoms with E-state index in [0.717, 1.165) is 23.9 Å². The van der Waals surface area contributed by atoms with Gasteiger partial charge in [0.15, 0.2) is 0 Å². The van der Waals surface area contributed by atoms with Crippen molar-refractivity contribution in [1.29, 1.82) is 0 Å². The molecule has 0 amide bonds. The molecule has 1 aromatic heterocycles. The highest BCUT2D eigenvalue weighted by atomic mass is 14.9. The Labute approximate surface area is 115 Å². The second-order valence-corrected chi connectivity index (χ2v) is 5.92. The van der Waals surface area contributed by atoms with Gasteiger partial charge in [0, 0.05) is 23.8 Å². The van der Waals surface area contributed by atoms with Crippen LogP contribution in [-0.2, 0) is 0 Å². The van der Waals surface area contributed by atoms with Crippen LogP contribution in [0.25, 0.3) is 10.9 Å². The van der Waals surface area contributed by atoms with Gasteiger partial charge in [0.1, 0.15) is 0 Å². The number of hydrogen-bond donors (Lipinski definition) is 1. The molecule has 19 heavy (non-hydrogen) atoms. The standard InChI is InChI=1S/C17H22N2/c1-13-4-6-14(7-5-13)12-19-16-8-9-17-15(11-16)3-2-10-18-17/h2-3,8-11,13-14,19H,4-7,12H2,1H3. The third-order valence-corrected chi connectivity index (χ3v) is 4.33. The van der Waals surface area contributed by atoms with Crippen molar-refractivity contribution in [3.8, 4) is 0 Å².